The predicted octanol–water partition coefficient (Wildman–Crippen LogP) is 3.72. The molecule has 0 aromatic heterocycles. The maximum absolute atomic E-state index is 13.5. The van der Waals surface area contributed by atoms with Crippen LogP contribution in [-0.2, 0) is 9.53 Å². The first-order valence-electron chi connectivity index (χ1n) is 9.81. The Morgan fingerprint density at radius 3 is 2.45 bits per heavy atom. The molecule has 1 unspecified atom stereocenters. The van der Waals surface area contributed by atoms with E-state index in [9.17, 15) is 14.0 Å². The van der Waals surface area contributed by atoms with Crippen molar-refractivity contribution in [3.63, 3.8) is 0 Å². The van der Waals surface area contributed by atoms with Crippen molar-refractivity contribution in [3.8, 4) is 0 Å². The Morgan fingerprint density at radius 1 is 1.00 bits per heavy atom. The van der Waals surface area contributed by atoms with E-state index in [0.717, 1.165) is 0 Å². The number of carbonyl (C=O) groups excluding carboxylic acids is 2. The smallest absolute Gasteiger partial charge is 0.321 e. The first kappa shape index (κ1) is 19.4. The SMILES string of the molecule is O=C(Nc1cccc(F)c1)C1CN(C(=O)Nc2ccccc2)CC12CCOCC2. The lowest BCUT2D eigenvalue weighted by Crippen LogP contribution is -2.42. The molecule has 1 spiro atoms. The highest BCUT2D eigenvalue weighted by Gasteiger charge is 2.51. The van der Waals surface area contributed by atoms with Crippen molar-refractivity contribution in [1.29, 1.82) is 0 Å². The summed E-state index contributed by atoms with van der Waals surface area (Å²) in [6, 6.07) is 14.9. The molecule has 0 aliphatic carbocycles. The second kappa shape index (κ2) is 8.21. The summed E-state index contributed by atoms with van der Waals surface area (Å²) in [5.41, 5.74) is 0.805. The Balaban J connectivity index is 1.51. The summed E-state index contributed by atoms with van der Waals surface area (Å²) in [4.78, 5) is 27.6. The second-order valence-corrected chi connectivity index (χ2v) is 7.70. The van der Waals surface area contributed by atoms with Crippen LogP contribution in [0.3, 0.4) is 0 Å². The summed E-state index contributed by atoms with van der Waals surface area (Å²) in [6.07, 6.45) is 1.42. The van der Waals surface area contributed by atoms with Crippen molar-refractivity contribution in [3.05, 3.63) is 60.4 Å². The molecular formula is C22H24FN3O3. The second-order valence-electron chi connectivity index (χ2n) is 7.70. The highest BCUT2D eigenvalue weighted by atomic mass is 19.1. The van der Waals surface area contributed by atoms with Gasteiger partial charge in [0, 0.05) is 43.1 Å². The number of anilines is 2. The standard InChI is InChI=1S/C22H24FN3O3/c23-16-5-4-8-18(13-16)24-20(27)19-14-26(15-22(19)9-11-29-12-10-22)21(28)25-17-6-2-1-3-7-17/h1-8,13,19H,9-12,14-15H2,(H,24,27)(H,25,28). The molecule has 0 bridgehead atoms. The van der Waals surface area contributed by atoms with Gasteiger partial charge in [-0.3, -0.25) is 4.79 Å². The molecule has 2 aliphatic rings. The minimum atomic E-state index is -0.404. The number of hydrogen-bond donors (Lipinski definition) is 2. The van der Waals surface area contributed by atoms with Crippen molar-refractivity contribution >= 4 is 23.3 Å². The molecular weight excluding hydrogens is 373 g/mol. The highest BCUT2D eigenvalue weighted by Crippen LogP contribution is 2.45. The van der Waals surface area contributed by atoms with E-state index in [1.165, 1.54) is 12.1 Å². The van der Waals surface area contributed by atoms with Gasteiger partial charge in [0.2, 0.25) is 5.91 Å². The van der Waals surface area contributed by atoms with Crippen LogP contribution in [0, 0.1) is 17.2 Å². The van der Waals surface area contributed by atoms with Gasteiger partial charge < -0.3 is 20.3 Å². The van der Waals surface area contributed by atoms with Gasteiger partial charge in [0.1, 0.15) is 5.82 Å². The van der Waals surface area contributed by atoms with Gasteiger partial charge in [0.05, 0.1) is 5.92 Å². The first-order chi connectivity index (χ1) is 14.1. The molecule has 0 saturated carbocycles. The van der Waals surface area contributed by atoms with Gasteiger partial charge in [0.25, 0.3) is 0 Å². The molecule has 2 aliphatic heterocycles. The quantitative estimate of drug-likeness (QED) is 0.829. The molecule has 0 radical (unpaired) electrons. The Bertz CT molecular complexity index is 884. The summed E-state index contributed by atoms with van der Waals surface area (Å²) in [7, 11) is 0. The molecule has 7 heteroatoms. The zero-order valence-electron chi connectivity index (χ0n) is 16.1. The Hall–Kier alpha value is -2.93. The van der Waals surface area contributed by atoms with Crippen LogP contribution in [0.5, 0.6) is 0 Å². The minimum absolute atomic E-state index is 0.187. The van der Waals surface area contributed by atoms with Gasteiger partial charge in [-0.2, -0.15) is 0 Å². The Labute approximate surface area is 169 Å². The largest absolute Gasteiger partial charge is 0.381 e. The molecule has 4 rings (SSSR count). The minimum Gasteiger partial charge on any atom is -0.381 e. The number of urea groups is 1. The maximum atomic E-state index is 13.5. The van der Waals surface area contributed by atoms with Gasteiger partial charge in [0.15, 0.2) is 0 Å². The number of carbonyl (C=O) groups is 2. The normalized spacial score (nSPS) is 20.4. The van der Waals surface area contributed by atoms with Crippen molar-refractivity contribution in [2.24, 2.45) is 11.3 Å². The zero-order valence-corrected chi connectivity index (χ0v) is 16.1. The van der Waals surface area contributed by atoms with Crippen molar-refractivity contribution in [1.82, 2.24) is 4.90 Å². The molecule has 2 saturated heterocycles. The van der Waals surface area contributed by atoms with Gasteiger partial charge in [-0.1, -0.05) is 24.3 Å². The van der Waals surface area contributed by atoms with Crippen LogP contribution in [0.2, 0.25) is 0 Å². The van der Waals surface area contributed by atoms with Crippen LogP contribution >= 0.6 is 0 Å². The van der Waals surface area contributed by atoms with E-state index in [2.05, 4.69) is 10.6 Å². The number of benzene rings is 2. The van der Waals surface area contributed by atoms with Crippen LogP contribution in [-0.4, -0.2) is 43.1 Å². The lowest BCUT2D eigenvalue weighted by Gasteiger charge is -2.37. The van der Waals surface area contributed by atoms with Gasteiger partial charge in [-0.25, -0.2) is 9.18 Å². The van der Waals surface area contributed by atoms with Crippen LogP contribution < -0.4 is 10.6 Å². The van der Waals surface area contributed by atoms with E-state index in [-0.39, 0.29) is 23.3 Å². The number of likely N-dealkylation sites (tertiary alicyclic amines) is 1. The maximum Gasteiger partial charge on any atom is 0.321 e. The number of nitrogens with one attached hydrogen (secondary N) is 2. The lowest BCUT2D eigenvalue weighted by atomic mass is 9.71. The average molecular weight is 397 g/mol. The molecule has 2 N–H and O–H groups in total. The highest BCUT2D eigenvalue weighted by molar-refractivity contribution is 5.95. The molecule has 1 atom stereocenters. The summed E-state index contributed by atoms with van der Waals surface area (Å²) in [5, 5.41) is 5.72. The first-order valence-corrected chi connectivity index (χ1v) is 9.81. The van der Waals surface area contributed by atoms with E-state index in [1.54, 1.807) is 17.0 Å². The van der Waals surface area contributed by atoms with Gasteiger partial charge >= 0.3 is 6.03 Å². The molecule has 2 fully saturated rings. The monoisotopic (exact) mass is 397 g/mol. The molecule has 3 amide bonds. The lowest BCUT2D eigenvalue weighted by molar-refractivity contribution is -0.124. The number of rotatable bonds is 3. The molecule has 6 nitrogen and oxygen atoms in total. The van der Waals surface area contributed by atoms with E-state index in [1.807, 2.05) is 30.3 Å². The third-order valence-electron chi connectivity index (χ3n) is 5.86. The van der Waals surface area contributed by atoms with E-state index >= 15 is 0 Å². The number of ether oxygens (including phenoxy) is 1. The Morgan fingerprint density at radius 2 is 1.72 bits per heavy atom. The molecule has 29 heavy (non-hydrogen) atoms. The van der Waals surface area contributed by atoms with Gasteiger partial charge in [-0.15, -0.1) is 0 Å². The average Bonchev–Trinajstić information content (AvgIpc) is 3.08. The van der Waals surface area contributed by atoms with E-state index in [0.29, 0.717) is 50.5 Å². The van der Waals surface area contributed by atoms with Gasteiger partial charge in [-0.05, 0) is 43.2 Å². The van der Waals surface area contributed by atoms with E-state index in [4.69, 9.17) is 4.74 Å². The number of nitrogens with zero attached hydrogens (tertiary/aromatic N) is 1. The predicted molar refractivity (Wildman–Crippen MR) is 108 cm³/mol. The third-order valence-corrected chi connectivity index (χ3v) is 5.86. The molecule has 2 aromatic rings. The van der Waals surface area contributed by atoms with Crippen molar-refractivity contribution in [2.45, 2.75) is 12.8 Å². The molecule has 2 aromatic carbocycles. The van der Waals surface area contributed by atoms with Crippen LogP contribution in [0.4, 0.5) is 20.6 Å². The fourth-order valence-electron chi connectivity index (χ4n) is 4.29. The van der Waals surface area contributed by atoms with Crippen molar-refractivity contribution < 1.29 is 18.7 Å². The van der Waals surface area contributed by atoms with E-state index < -0.39 is 5.82 Å². The topological polar surface area (TPSA) is 70.7 Å². The summed E-state index contributed by atoms with van der Waals surface area (Å²) in [5.74, 6) is -0.970. The van der Waals surface area contributed by atoms with Crippen LogP contribution in [0.1, 0.15) is 12.8 Å². The third kappa shape index (κ3) is 4.24. The molecule has 152 valence electrons. The number of hydrogen-bond acceptors (Lipinski definition) is 3. The number of para-hydroxylation sites is 1. The molecule has 2 heterocycles. The number of amides is 3. The Kier molecular flexibility index (Phi) is 5.49. The van der Waals surface area contributed by atoms with Crippen LogP contribution in [0.15, 0.2) is 54.6 Å². The fourth-order valence-corrected chi connectivity index (χ4v) is 4.29. The van der Waals surface area contributed by atoms with Crippen LogP contribution in [0.25, 0.3) is 0 Å². The zero-order chi connectivity index (χ0) is 20.3. The summed E-state index contributed by atoms with van der Waals surface area (Å²) >= 11 is 0. The summed E-state index contributed by atoms with van der Waals surface area (Å²) in [6.45, 7) is 1.95. The summed E-state index contributed by atoms with van der Waals surface area (Å²) < 4.78 is 19.0. The van der Waals surface area contributed by atoms with Crippen molar-refractivity contribution in [2.75, 3.05) is 36.9 Å². The fraction of sp³-hybridized carbons (Fsp3) is 0.364. The number of halogens is 1.